The van der Waals surface area contributed by atoms with Gasteiger partial charge in [0.2, 0.25) is 0 Å². The molecule has 1 heterocycles. The summed E-state index contributed by atoms with van der Waals surface area (Å²) < 4.78 is 4.87. The molecular weight excluding hydrogens is 214 g/mol. The molecule has 0 N–H and O–H groups in total. The van der Waals surface area contributed by atoms with E-state index in [1.54, 1.807) is 0 Å². The maximum atomic E-state index is 11.7. The van der Waals surface area contributed by atoms with Crippen LogP contribution in [0.4, 0.5) is 0 Å². The van der Waals surface area contributed by atoms with Gasteiger partial charge in [-0.2, -0.15) is 0 Å². The maximum absolute atomic E-state index is 11.7. The van der Waals surface area contributed by atoms with Crippen molar-refractivity contribution in [3.63, 3.8) is 0 Å². The summed E-state index contributed by atoms with van der Waals surface area (Å²) in [6.45, 7) is 2.99. The molecule has 0 spiro atoms. The predicted octanol–water partition coefficient (Wildman–Crippen LogP) is 2.21. The number of carbonyl (C=O) groups is 1. The fourth-order valence-electron chi connectivity index (χ4n) is 2.49. The fraction of sp³-hybridized carbons (Fsp3) is 0.500. The van der Waals surface area contributed by atoms with Crippen molar-refractivity contribution >= 4 is 5.97 Å². The zero-order valence-corrected chi connectivity index (χ0v) is 10.4. The van der Waals surface area contributed by atoms with Crippen molar-refractivity contribution < 1.29 is 9.53 Å². The van der Waals surface area contributed by atoms with E-state index in [9.17, 15) is 4.79 Å². The van der Waals surface area contributed by atoms with Crippen LogP contribution in [-0.2, 0) is 16.1 Å². The molecule has 0 amide bonds. The molecule has 0 unspecified atom stereocenters. The summed E-state index contributed by atoms with van der Waals surface area (Å²) in [6, 6.07) is 10.6. The Morgan fingerprint density at radius 1 is 1.35 bits per heavy atom. The van der Waals surface area contributed by atoms with Crippen molar-refractivity contribution in [2.24, 2.45) is 0 Å². The standard InChI is InChI=1S/C14H19NO2/c1-11-8-9-13(14(16)17-2)15(11)10-12-6-4-3-5-7-12/h3-7,11,13H,8-10H2,1-2H3/t11-,13-/m0/s1. The maximum Gasteiger partial charge on any atom is 0.323 e. The van der Waals surface area contributed by atoms with E-state index in [4.69, 9.17) is 4.74 Å². The van der Waals surface area contributed by atoms with Gasteiger partial charge in [0.25, 0.3) is 0 Å². The minimum absolute atomic E-state index is 0.0739. The lowest BCUT2D eigenvalue weighted by Gasteiger charge is -2.26. The molecule has 92 valence electrons. The van der Waals surface area contributed by atoms with Crippen molar-refractivity contribution in [3.8, 4) is 0 Å². The number of benzene rings is 1. The molecular formula is C14H19NO2. The van der Waals surface area contributed by atoms with E-state index in [2.05, 4.69) is 24.0 Å². The molecule has 0 saturated carbocycles. The molecule has 3 heteroatoms. The summed E-state index contributed by atoms with van der Waals surface area (Å²) in [5.41, 5.74) is 1.25. The molecule has 2 atom stereocenters. The van der Waals surface area contributed by atoms with Crippen LogP contribution in [0.25, 0.3) is 0 Å². The van der Waals surface area contributed by atoms with Crippen LogP contribution in [-0.4, -0.2) is 30.1 Å². The van der Waals surface area contributed by atoms with Crippen LogP contribution in [0.5, 0.6) is 0 Å². The highest BCUT2D eigenvalue weighted by molar-refractivity contribution is 5.76. The molecule has 0 aliphatic carbocycles. The highest BCUT2D eigenvalue weighted by atomic mass is 16.5. The van der Waals surface area contributed by atoms with Crippen LogP contribution in [0.3, 0.4) is 0 Å². The van der Waals surface area contributed by atoms with Crippen LogP contribution >= 0.6 is 0 Å². The largest absolute Gasteiger partial charge is 0.468 e. The van der Waals surface area contributed by atoms with Crippen molar-refractivity contribution in [1.82, 2.24) is 4.90 Å². The summed E-state index contributed by atoms with van der Waals surface area (Å²) >= 11 is 0. The zero-order valence-electron chi connectivity index (χ0n) is 10.4. The Bertz CT molecular complexity index is 377. The molecule has 2 rings (SSSR count). The number of carbonyl (C=O) groups excluding carboxylic acids is 1. The summed E-state index contributed by atoms with van der Waals surface area (Å²) in [5, 5.41) is 0. The van der Waals surface area contributed by atoms with E-state index >= 15 is 0 Å². The van der Waals surface area contributed by atoms with Crippen molar-refractivity contribution in [2.45, 2.75) is 38.4 Å². The van der Waals surface area contributed by atoms with Crippen molar-refractivity contribution in [1.29, 1.82) is 0 Å². The lowest BCUT2D eigenvalue weighted by molar-refractivity contribution is -0.146. The van der Waals surface area contributed by atoms with Gasteiger partial charge in [0.15, 0.2) is 0 Å². The molecule has 3 nitrogen and oxygen atoms in total. The van der Waals surface area contributed by atoms with E-state index in [0.717, 1.165) is 19.4 Å². The average Bonchev–Trinajstić information content (AvgIpc) is 2.72. The Morgan fingerprint density at radius 3 is 2.71 bits per heavy atom. The second-order valence-corrected chi connectivity index (χ2v) is 4.62. The third-order valence-electron chi connectivity index (χ3n) is 3.51. The van der Waals surface area contributed by atoms with E-state index in [1.807, 2.05) is 18.2 Å². The number of esters is 1. The van der Waals surface area contributed by atoms with Gasteiger partial charge in [0.05, 0.1) is 7.11 Å². The lowest BCUT2D eigenvalue weighted by Crippen LogP contribution is -2.39. The Labute approximate surface area is 102 Å². The van der Waals surface area contributed by atoms with Gasteiger partial charge in [0, 0.05) is 12.6 Å². The fourth-order valence-corrected chi connectivity index (χ4v) is 2.49. The van der Waals surface area contributed by atoms with Crippen molar-refractivity contribution in [3.05, 3.63) is 35.9 Å². The van der Waals surface area contributed by atoms with Gasteiger partial charge in [-0.05, 0) is 25.3 Å². The minimum Gasteiger partial charge on any atom is -0.468 e. The van der Waals surface area contributed by atoms with E-state index in [1.165, 1.54) is 12.7 Å². The highest BCUT2D eigenvalue weighted by Gasteiger charge is 2.35. The number of ether oxygens (including phenoxy) is 1. The average molecular weight is 233 g/mol. The molecule has 1 aliphatic rings. The van der Waals surface area contributed by atoms with Gasteiger partial charge in [-0.15, -0.1) is 0 Å². The second kappa shape index (κ2) is 5.32. The van der Waals surface area contributed by atoms with Crippen LogP contribution in [0.2, 0.25) is 0 Å². The molecule has 0 aromatic heterocycles. The Hall–Kier alpha value is -1.35. The molecule has 0 radical (unpaired) electrons. The first-order chi connectivity index (χ1) is 8.22. The van der Waals surface area contributed by atoms with Gasteiger partial charge in [-0.3, -0.25) is 9.69 Å². The van der Waals surface area contributed by atoms with Crippen LogP contribution in [0.1, 0.15) is 25.3 Å². The Morgan fingerprint density at radius 2 is 2.06 bits per heavy atom. The molecule has 0 bridgehead atoms. The third kappa shape index (κ3) is 2.67. The van der Waals surface area contributed by atoms with Gasteiger partial charge in [-0.25, -0.2) is 0 Å². The zero-order chi connectivity index (χ0) is 12.3. The monoisotopic (exact) mass is 233 g/mol. The summed E-state index contributed by atoms with van der Waals surface area (Å²) in [6.07, 6.45) is 1.97. The highest BCUT2D eigenvalue weighted by Crippen LogP contribution is 2.26. The number of rotatable bonds is 3. The van der Waals surface area contributed by atoms with Crippen LogP contribution in [0, 0.1) is 0 Å². The molecule has 1 aromatic rings. The van der Waals surface area contributed by atoms with Gasteiger partial charge < -0.3 is 4.74 Å². The number of methoxy groups -OCH3 is 1. The molecule has 1 aromatic carbocycles. The smallest absolute Gasteiger partial charge is 0.323 e. The summed E-state index contributed by atoms with van der Waals surface area (Å²) in [7, 11) is 1.46. The predicted molar refractivity (Wildman–Crippen MR) is 66.5 cm³/mol. The quantitative estimate of drug-likeness (QED) is 0.750. The second-order valence-electron chi connectivity index (χ2n) is 4.62. The Balaban J connectivity index is 2.09. The molecule has 1 fully saturated rings. The van der Waals surface area contributed by atoms with E-state index in [0.29, 0.717) is 6.04 Å². The molecule has 17 heavy (non-hydrogen) atoms. The normalized spacial score (nSPS) is 24.8. The first kappa shape index (κ1) is 12.1. The topological polar surface area (TPSA) is 29.5 Å². The number of likely N-dealkylation sites (tertiary alicyclic amines) is 1. The third-order valence-corrected chi connectivity index (χ3v) is 3.51. The first-order valence-electron chi connectivity index (χ1n) is 6.10. The molecule has 1 aliphatic heterocycles. The van der Waals surface area contributed by atoms with E-state index < -0.39 is 0 Å². The number of hydrogen-bond donors (Lipinski definition) is 0. The van der Waals surface area contributed by atoms with E-state index in [-0.39, 0.29) is 12.0 Å². The van der Waals surface area contributed by atoms with Crippen LogP contribution in [0.15, 0.2) is 30.3 Å². The number of nitrogens with zero attached hydrogens (tertiary/aromatic N) is 1. The number of hydrogen-bond acceptors (Lipinski definition) is 3. The van der Waals surface area contributed by atoms with Gasteiger partial charge >= 0.3 is 5.97 Å². The molecule has 1 saturated heterocycles. The summed E-state index contributed by atoms with van der Waals surface area (Å²) in [4.78, 5) is 13.9. The first-order valence-corrected chi connectivity index (χ1v) is 6.10. The van der Waals surface area contributed by atoms with Crippen molar-refractivity contribution in [2.75, 3.05) is 7.11 Å². The SMILES string of the molecule is COC(=O)[C@@H]1CC[C@H](C)N1Cc1ccccc1. The Kier molecular flexibility index (Phi) is 3.79. The summed E-state index contributed by atoms with van der Waals surface area (Å²) in [5.74, 6) is -0.106. The van der Waals surface area contributed by atoms with Gasteiger partial charge in [-0.1, -0.05) is 30.3 Å². The minimum atomic E-state index is -0.106. The van der Waals surface area contributed by atoms with Crippen LogP contribution < -0.4 is 0 Å². The van der Waals surface area contributed by atoms with Gasteiger partial charge in [0.1, 0.15) is 6.04 Å². The lowest BCUT2D eigenvalue weighted by atomic mass is 10.2.